The number of carboxylic acids is 1. The van der Waals surface area contributed by atoms with Crippen molar-refractivity contribution in [2.75, 3.05) is 27.3 Å². The van der Waals surface area contributed by atoms with Crippen LogP contribution in [0.1, 0.15) is 43.7 Å². The molecule has 0 heterocycles. The normalized spacial score (nSPS) is 29.2. The van der Waals surface area contributed by atoms with Gasteiger partial charge in [-0.3, -0.25) is 29.4 Å². The number of hydrogen-bond acceptors (Lipinski definition) is 12. The number of aliphatic hydroxyl groups excluding tert-OH is 2. The second-order valence-corrected chi connectivity index (χ2v) is 11.7. The third-order valence-electron chi connectivity index (χ3n) is 8.84. The second-order valence-electron chi connectivity index (χ2n) is 11.7. The molecule has 10 N–H and O–H groups in total. The van der Waals surface area contributed by atoms with Gasteiger partial charge < -0.3 is 41.7 Å². The lowest BCUT2D eigenvalue weighted by molar-refractivity contribution is -0.159. The zero-order valence-corrected chi connectivity index (χ0v) is 24.1. The molecule has 1 aromatic rings. The molecule has 1 fully saturated rings. The number of phenolic OH excluding ortho intramolecular Hbond substituents is 1. The highest BCUT2D eigenvalue weighted by Crippen LogP contribution is 2.57. The number of aliphatic hydroxyl groups is 4. The average molecular weight is 603 g/mol. The number of nitrogens with two attached hydrogens (primary N) is 1. The first kappa shape index (κ1) is 32.1. The van der Waals surface area contributed by atoms with Crippen molar-refractivity contribution in [1.82, 2.24) is 15.5 Å². The molecule has 1 saturated carbocycles. The van der Waals surface area contributed by atoms with Gasteiger partial charge in [0.2, 0.25) is 5.78 Å². The molecule has 1 amide bonds. The summed E-state index contributed by atoms with van der Waals surface area (Å²) in [4.78, 5) is 54.0. The van der Waals surface area contributed by atoms with Crippen molar-refractivity contribution in [2.45, 2.75) is 55.9 Å². The monoisotopic (exact) mass is 602 g/mol. The molecular weight excluding hydrogens is 564 g/mol. The second kappa shape index (κ2) is 11.7. The molecule has 0 spiro atoms. The first-order valence-electron chi connectivity index (χ1n) is 14.0. The van der Waals surface area contributed by atoms with Gasteiger partial charge in [-0.25, -0.2) is 0 Å². The zero-order chi connectivity index (χ0) is 32.0. The van der Waals surface area contributed by atoms with Gasteiger partial charge in [-0.15, -0.1) is 0 Å². The van der Waals surface area contributed by atoms with E-state index in [2.05, 4.69) is 10.6 Å². The fourth-order valence-electron chi connectivity index (χ4n) is 6.63. The maximum atomic E-state index is 14.1. The highest BCUT2D eigenvalue weighted by Gasteiger charge is 2.66. The summed E-state index contributed by atoms with van der Waals surface area (Å²) >= 11 is 0. The van der Waals surface area contributed by atoms with Gasteiger partial charge in [-0.2, -0.15) is 0 Å². The van der Waals surface area contributed by atoms with Crippen molar-refractivity contribution in [3.05, 3.63) is 46.2 Å². The third-order valence-corrected chi connectivity index (χ3v) is 8.84. The number of Topliss-reactive ketones (excluding diaryl/α,β-unsaturated/α-hetero) is 2. The van der Waals surface area contributed by atoms with E-state index in [-0.39, 0.29) is 24.0 Å². The van der Waals surface area contributed by atoms with E-state index in [0.717, 1.165) is 0 Å². The molecule has 1 aromatic carbocycles. The number of benzene rings is 1. The Morgan fingerprint density at radius 2 is 1.81 bits per heavy atom. The Hall–Kier alpha value is -3.82. The average Bonchev–Trinajstić information content (AvgIpc) is 2.92. The van der Waals surface area contributed by atoms with Gasteiger partial charge in [0.05, 0.1) is 23.9 Å². The summed E-state index contributed by atoms with van der Waals surface area (Å²) in [6.45, 7) is 1.35. The standard InChI is InChI=1S/C29H38N4O10/c1-28(42)13-7-6-9-17(34)18(13)22(35)19-14(28)11-15-21(33(2)3)23(36)20(25(38)29(15,43)24(19)37)26(39)32-12-31-16(27(40)41)8-4-5-10-30/h6-7,9,14-16,21,31,34-35,38,42-43H,4-5,8,10-12,30H2,1-3H3,(H,32,39)(H,40,41)/t14-,15+,16-,21-,28+,29-/m0/s1. The molecule has 0 radical (unpaired) electrons. The highest BCUT2D eigenvalue weighted by atomic mass is 16.4. The fourth-order valence-corrected chi connectivity index (χ4v) is 6.63. The van der Waals surface area contributed by atoms with Gasteiger partial charge in [0.25, 0.3) is 5.91 Å². The number of carboxylic acid groups (broad SMARTS) is 1. The molecular formula is C29H38N4O10. The number of carbonyl (C=O) groups is 4. The molecule has 0 bridgehead atoms. The molecule has 14 nitrogen and oxygen atoms in total. The Kier molecular flexibility index (Phi) is 8.73. The molecule has 0 unspecified atom stereocenters. The number of aromatic hydroxyl groups is 1. The summed E-state index contributed by atoms with van der Waals surface area (Å²) in [5.41, 5.74) is -0.669. The van der Waals surface area contributed by atoms with Gasteiger partial charge >= 0.3 is 5.97 Å². The summed E-state index contributed by atoms with van der Waals surface area (Å²) < 4.78 is 0. The van der Waals surface area contributed by atoms with Gasteiger partial charge in [-0.1, -0.05) is 18.6 Å². The van der Waals surface area contributed by atoms with Crippen molar-refractivity contribution in [3.8, 4) is 5.75 Å². The lowest BCUT2D eigenvalue weighted by Gasteiger charge is -2.53. The van der Waals surface area contributed by atoms with Crippen LogP contribution in [0, 0.1) is 11.8 Å². The minimum atomic E-state index is -2.85. The van der Waals surface area contributed by atoms with Crippen LogP contribution in [-0.2, 0) is 24.8 Å². The van der Waals surface area contributed by atoms with Crippen LogP contribution in [0.5, 0.6) is 5.75 Å². The molecule has 0 saturated heterocycles. The Bertz CT molecular complexity index is 1420. The number of rotatable bonds is 10. The van der Waals surface area contributed by atoms with Crippen molar-refractivity contribution in [1.29, 1.82) is 0 Å². The Morgan fingerprint density at radius 1 is 1.14 bits per heavy atom. The SMILES string of the molecule is CN(C)[C@@H]1C(=O)C(C(=O)NCN[C@@H](CCCCN)C(=O)O)=C(O)[C@@]2(O)C(=O)C3=C(O)c4c(O)cccc4[C@@](C)(O)[C@H]3C[C@H]12. The van der Waals surface area contributed by atoms with Crippen LogP contribution >= 0.6 is 0 Å². The number of unbranched alkanes of at least 4 members (excludes halogenated alkanes) is 1. The molecule has 234 valence electrons. The van der Waals surface area contributed by atoms with Crippen molar-refractivity contribution < 1.29 is 49.8 Å². The summed E-state index contributed by atoms with van der Waals surface area (Å²) in [6, 6.07) is 1.83. The summed E-state index contributed by atoms with van der Waals surface area (Å²) in [5.74, 6) is -9.29. The van der Waals surface area contributed by atoms with E-state index in [0.29, 0.717) is 19.4 Å². The maximum absolute atomic E-state index is 14.1. The smallest absolute Gasteiger partial charge is 0.320 e. The fraction of sp³-hybridized carbons (Fsp3) is 0.517. The third kappa shape index (κ3) is 5.08. The Balaban J connectivity index is 1.75. The summed E-state index contributed by atoms with van der Waals surface area (Å²) in [6.07, 6.45) is 1.07. The van der Waals surface area contributed by atoms with E-state index in [1.165, 1.54) is 44.1 Å². The number of hydrogen-bond donors (Lipinski definition) is 9. The number of carbonyl (C=O) groups excluding carboxylic acids is 3. The molecule has 4 rings (SSSR count). The van der Waals surface area contributed by atoms with Crippen LogP contribution < -0.4 is 16.4 Å². The van der Waals surface area contributed by atoms with E-state index >= 15 is 0 Å². The number of fused-ring (bicyclic) bond motifs is 3. The Morgan fingerprint density at radius 3 is 2.42 bits per heavy atom. The van der Waals surface area contributed by atoms with Crippen LogP contribution in [0.25, 0.3) is 5.76 Å². The number of nitrogens with zero attached hydrogens (tertiary/aromatic N) is 1. The predicted molar refractivity (Wildman–Crippen MR) is 151 cm³/mol. The zero-order valence-electron chi connectivity index (χ0n) is 24.1. The largest absolute Gasteiger partial charge is 0.508 e. The van der Waals surface area contributed by atoms with Crippen LogP contribution in [0.3, 0.4) is 0 Å². The number of likely N-dealkylation sites (N-methyl/N-ethyl adjacent to an activating group) is 1. The highest BCUT2D eigenvalue weighted by molar-refractivity contribution is 6.25. The van der Waals surface area contributed by atoms with Crippen molar-refractivity contribution in [3.63, 3.8) is 0 Å². The number of phenols is 1. The van der Waals surface area contributed by atoms with Crippen LogP contribution in [0.15, 0.2) is 35.1 Å². The van der Waals surface area contributed by atoms with Gasteiger partial charge in [0.15, 0.2) is 11.4 Å². The molecule has 43 heavy (non-hydrogen) atoms. The molecule has 6 atom stereocenters. The molecule has 0 aliphatic heterocycles. The summed E-state index contributed by atoms with van der Waals surface area (Å²) in [7, 11) is 2.97. The Labute approximate surface area is 247 Å². The number of amides is 1. The van der Waals surface area contributed by atoms with Crippen molar-refractivity contribution in [2.24, 2.45) is 17.6 Å². The van der Waals surface area contributed by atoms with Gasteiger partial charge in [0.1, 0.15) is 28.9 Å². The number of aliphatic carboxylic acids is 1. The molecule has 0 aromatic heterocycles. The van der Waals surface area contributed by atoms with Crippen LogP contribution in [0.4, 0.5) is 0 Å². The number of nitrogens with one attached hydrogen (secondary N) is 2. The van der Waals surface area contributed by atoms with Crippen LogP contribution in [0.2, 0.25) is 0 Å². The quantitative estimate of drug-likeness (QED) is 0.0923. The first-order valence-corrected chi connectivity index (χ1v) is 14.0. The van der Waals surface area contributed by atoms with E-state index in [1.807, 2.05) is 0 Å². The molecule has 14 heteroatoms. The van der Waals surface area contributed by atoms with E-state index in [4.69, 9.17) is 5.73 Å². The van der Waals surface area contributed by atoms with E-state index in [1.54, 1.807) is 0 Å². The first-order chi connectivity index (χ1) is 20.1. The lowest BCUT2D eigenvalue weighted by atomic mass is 9.54. The lowest BCUT2D eigenvalue weighted by Crippen LogP contribution is -2.67. The predicted octanol–water partition coefficient (Wildman–Crippen LogP) is -0.611. The summed E-state index contributed by atoms with van der Waals surface area (Å²) in [5, 5.41) is 70.9. The van der Waals surface area contributed by atoms with Crippen molar-refractivity contribution >= 4 is 29.2 Å². The van der Waals surface area contributed by atoms with Gasteiger partial charge in [0, 0.05) is 17.4 Å². The number of ketones is 2. The molecule has 3 aliphatic carbocycles. The van der Waals surface area contributed by atoms with E-state index < -0.39 is 93.6 Å². The van der Waals surface area contributed by atoms with Crippen LogP contribution in [-0.4, -0.2) is 104 Å². The minimum Gasteiger partial charge on any atom is -0.508 e. The maximum Gasteiger partial charge on any atom is 0.320 e. The van der Waals surface area contributed by atoms with E-state index in [9.17, 15) is 49.8 Å². The molecule has 3 aliphatic rings. The minimum absolute atomic E-state index is 0.135. The van der Waals surface area contributed by atoms with Gasteiger partial charge in [-0.05, 0) is 58.5 Å². The topological polar surface area (TPSA) is 243 Å².